The number of aryl methyl sites for hydroxylation is 2. The van der Waals surface area contributed by atoms with Crippen LogP contribution in [0, 0.1) is 6.92 Å². The van der Waals surface area contributed by atoms with Crippen LogP contribution in [-0.4, -0.2) is 35.1 Å². The zero-order chi connectivity index (χ0) is 20.8. The van der Waals surface area contributed by atoms with Gasteiger partial charge in [0.05, 0.1) is 19.9 Å². The summed E-state index contributed by atoms with van der Waals surface area (Å²) in [6.45, 7) is 2.05. The van der Waals surface area contributed by atoms with Crippen LogP contribution in [0.3, 0.4) is 0 Å². The monoisotopic (exact) mass is 398 g/mol. The Morgan fingerprint density at radius 3 is 2.62 bits per heavy atom. The molecule has 0 saturated carbocycles. The van der Waals surface area contributed by atoms with Gasteiger partial charge in [-0.05, 0) is 37.6 Å². The summed E-state index contributed by atoms with van der Waals surface area (Å²) in [5.41, 5.74) is 1.17. The molecule has 3 aromatic rings. The van der Waals surface area contributed by atoms with E-state index >= 15 is 0 Å². The molecule has 9 heteroatoms. The first-order valence-electron chi connectivity index (χ1n) is 9.04. The molecule has 0 unspecified atom stereocenters. The van der Waals surface area contributed by atoms with Crippen LogP contribution in [0.1, 0.15) is 18.6 Å². The highest BCUT2D eigenvalue weighted by molar-refractivity contribution is 5.89. The molecule has 0 bridgehead atoms. The topological polar surface area (TPSA) is 108 Å². The molecule has 9 nitrogen and oxygen atoms in total. The zero-order valence-electron chi connectivity index (χ0n) is 16.5. The third-order valence-electron chi connectivity index (χ3n) is 4.22. The Morgan fingerprint density at radius 1 is 1.14 bits per heavy atom. The van der Waals surface area contributed by atoms with Crippen LogP contribution in [0.4, 0.5) is 5.82 Å². The first-order valence-corrected chi connectivity index (χ1v) is 9.04. The van der Waals surface area contributed by atoms with Gasteiger partial charge in [-0.1, -0.05) is 5.16 Å². The smallest absolute Gasteiger partial charge is 0.266 e. The van der Waals surface area contributed by atoms with Crippen LogP contribution < -0.4 is 20.3 Å². The highest BCUT2D eigenvalue weighted by Crippen LogP contribution is 2.31. The number of ether oxygens (including phenoxy) is 2. The van der Waals surface area contributed by atoms with E-state index in [2.05, 4.69) is 15.6 Å². The zero-order valence-corrected chi connectivity index (χ0v) is 16.5. The maximum Gasteiger partial charge on any atom is 0.266 e. The molecule has 29 heavy (non-hydrogen) atoms. The summed E-state index contributed by atoms with van der Waals surface area (Å²) < 4.78 is 16.8. The van der Waals surface area contributed by atoms with Crippen molar-refractivity contribution in [2.75, 3.05) is 19.5 Å². The number of nitrogens with zero attached hydrogens (tertiary/aromatic N) is 3. The molecule has 0 aliphatic heterocycles. The second-order valence-corrected chi connectivity index (χ2v) is 6.32. The predicted molar refractivity (Wildman–Crippen MR) is 106 cm³/mol. The standard InChI is InChI=1S/C20H22N4O5/c1-13-11-18(23-29-13)21-19(25)5-4-10-24-20(26)9-7-15(22-24)14-6-8-16(27-2)17(12-14)28-3/h6-9,11-12H,4-5,10H2,1-3H3,(H,21,23,25). The van der Waals surface area contributed by atoms with Crippen molar-refractivity contribution in [3.8, 4) is 22.8 Å². The molecular weight excluding hydrogens is 376 g/mol. The summed E-state index contributed by atoms with van der Waals surface area (Å²) >= 11 is 0. The minimum atomic E-state index is -0.234. The molecule has 2 aromatic heterocycles. The maximum atomic E-state index is 12.1. The Kier molecular flexibility index (Phi) is 6.28. The average molecular weight is 398 g/mol. The van der Waals surface area contributed by atoms with Crippen molar-refractivity contribution in [1.82, 2.24) is 14.9 Å². The van der Waals surface area contributed by atoms with Crippen LogP contribution in [0.25, 0.3) is 11.3 Å². The summed E-state index contributed by atoms with van der Waals surface area (Å²) in [4.78, 5) is 24.1. The number of aromatic nitrogens is 3. The summed E-state index contributed by atoms with van der Waals surface area (Å²) in [7, 11) is 3.12. The summed E-state index contributed by atoms with van der Waals surface area (Å²) in [6, 6.07) is 10.2. The van der Waals surface area contributed by atoms with Crippen LogP contribution in [0.2, 0.25) is 0 Å². The third kappa shape index (κ3) is 5.01. The number of rotatable bonds is 8. The van der Waals surface area contributed by atoms with Gasteiger partial charge in [-0.25, -0.2) is 4.68 Å². The molecule has 0 saturated heterocycles. The Morgan fingerprint density at radius 2 is 1.93 bits per heavy atom. The van der Waals surface area contributed by atoms with Crippen molar-refractivity contribution in [3.05, 3.63) is 52.5 Å². The second-order valence-electron chi connectivity index (χ2n) is 6.32. The molecule has 1 aromatic carbocycles. The van der Waals surface area contributed by atoms with E-state index in [4.69, 9.17) is 14.0 Å². The van der Waals surface area contributed by atoms with Gasteiger partial charge < -0.3 is 19.3 Å². The number of hydrogen-bond acceptors (Lipinski definition) is 7. The summed E-state index contributed by atoms with van der Waals surface area (Å²) in [5.74, 6) is 1.96. The van der Waals surface area contributed by atoms with Crippen molar-refractivity contribution in [1.29, 1.82) is 0 Å². The van der Waals surface area contributed by atoms with E-state index < -0.39 is 0 Å². The van der Waals surface area contributed by atoms with Gasteiger partial charge in [0.15, 0.2) is 17.3 Å². The number of carbonyl (C=O) groups excluding carboxylic acids is 1. The number of carbonyl (C=O) groups is 1. The van der Waals surface area contributed by atoms with Crippen LogP contribution in [0.5, 0.6) is 11.5 Å². The van der Waals surface area contributed by atoms with E-state index in [9.17, 15) is 9.59 Å². The van der Waals surface area contributed by atoms with Crippen molar-refractivity contribution in [2.24, 2.45) is 0 Å². The molecule has 1 amide bonds. The van der Waals surface area contributed by atoms with Crippen molar-refractivity contribution < 1.29 is 18.8 Å². The van der Waals surface area contributed by atoms with Gasteiger partial charge in [0.25, 0.3) is 5.56 Å². The Labute approximate surface area is 167 Å². The van der Waals surface area contributed by atoms with E-state index in [0.29, 0.717) is 41.7 Å². The lowest BCUT2D eigenvalue weighted by Gasteiger charge is -2.10. The summed E-state index contributed by atoms with van der Waals surface area (Å²) in [6.07, 6.45) is 0.672. The molecule has 0 fully saturated rings. The predicted octanol–water partition coefficient (Wildman–Crippen LogP) is 2.64. The van der Waals surface area contributed by atoms with Gasteiger partial charge >= 0.3 is 0 Å². The van der Waals surface area contributed by atoms with E-state index in [1.165, 1.54) is 10.7 Å². The highest BCUT2D eigenvalue weighted by atomic mass is 16.5. The van der Waals surface area contributed by atoms with Gasteiger partial charge in [0, 0.05) is 30.7 Å². The molecule has 152 valence electrons. The summed E-state index contributed by atoms with van der Waals surface area (Å²) in [5, 5.41) is 10.8. The first-order chi connectivity index (χ1) is 14.0. The molecular formula is C20H22N4O5. The van der Waals surface area contributed by atoms with Crippen LogP contribution >= 0.6 is 0 Å². The van der Waals surface area contributed by atoms with Crippen molar-refractivity contribution >= 4 is 11.7 Å². The largest absolute Gasteiger partial charge is 0.493 e. The lowest BCUT2D eigenvalue weighted by Crippen LogP contribution is -2.23. The van der Waals surface area contributed by atoms with E-state index in [0.717, 1.165) is 5.56 Å². The van der Waals surface area contributed by atoms with Crippen molar-refractivity contribution in [2.45, 2.75) is 26.3 Å². The lowest BCUT2D eigenvalue weighted by molar-refractivity contribution is -0.116. The quantitative estimate of drug-likeness (QED) is 0.621. The molecule has 0 aliphatic carbocycles. The first kappa shape index (κ1) is 20.1. The Hall–Kier alpha value is -3.62. The molecule has 0 spiro atoms. The number of nitrogens with one attached hydrogen (secondary N) is 1. The van der Waals surface area contributed by atoms with E-state index in [1.54, 1.807) is 45.4 Å². The number of anilines is 1. The second kappa shape index (κ2) is 9.05. The number of hydrogen-bond donors (Lipinski definition) is 1. The SMILES string of the molecule is COc1ccc(-c2ccc(=O)n(CCCC(=O)Nc3cc(C)on3)n2)cc1OC. The molecule has 1 N–H and O–H groups in total. The average Bonchev–Trinajstić information content (AvgIpc) is 3.13. The minimum Gasteiger partial charge on any atom is -0.493 e. The van der Waals surface area contributed by atoms with Gasteiger partial charge in [0.2, 0.25) is 5.91 Å². The number of benzene rings is 1. The van der Waals surface area contributed by atoms with E-state index in [1.807, 2.05) is 6.07 Å². The van der Waals surface area contributed by atoms with E-state index in [-0.39, 0.29) is 17.9 Å². The van der Waals surface area contributed by atoms with Crippen molar-refractivity contribution in [3.63, 3.8) is 0 Å². The van der Waals surface area contributed by atoms with Gasteiger partial charge in [0.1, 0.15) is 5.76 Å². The fourth-order valence-electron chi connectivity index (χ4n) is 2.78. The highest BCUT2D eigenvalue weighted by Gasteiger charge is 2.10. The van der Waals surface area contributed by atoms with Crippen LogP contribution in [-0.2, 0) is 11.3 Å². The van der Waals surface area contributed by atoms with Gasteiger partial charge in [-0.3, -0.25) is 9.59 Å². The molecule has 2 heterocycles. The fourth-order valence-corrected chi connectivity index (χ4v) is 2.78. The van der Waals surface area contributed by atoms with Gasteiger partial charge in [-0.2, -0.15) is 5.10 Å². The third-order valence-corrected chi connectivity index (χ3v) is 4.22. The molecule has 0 atom stereocenters. The van der Waals surface area contributed by atoms with Crippen LogP contribution in [0.15, 0.2) is 45.7 Å². The fraction of sp³-hybridized carbons (Fsp3) is 0.300. The minimum absolute atomic E-state index is 0.206. The Balaban J connectivity index is 1.66. The normalized spacial score (nSPS) is 10.6. The molecule has 0 aliphatic rings. The molecule has 3 rings (SSSR count). The number of amides is 1. The molecule has 0 radical (unpaired) electrons. The number of methoxy groups -OCH3 is 2. The maximum absolute atomic E-state index is 12.1. The van der Waals surface area contributed by atoms with Gasteiger partial charge in [-0.15, -0.1) is 0 Å². The lowest BCUT2D eigenvalue weighted by atomic mass is 10.1. The Bertz CT molecular complexity index is 1060.